The molecule has 2 aromatic heterocycles. The van der Waals surface area contributed by atoms with Gasteiger partial charge < -0.3 is 24.4 Å². The van der Waals surface area contributed by atoms with Crippen molar-refractivity contribution in [1.82, 2.24) is 14.9 Å². The predicted octanol–water partition coefficient (Wildman–Crippen LogP) is 1.97. The fourth-order valence-corrected chi connectivity index (χ4v) is 5.37. The zero-order valence-corrected chi connectivity index (χ0v) is 23.1. The average molecular weight is 564 g/mol. The first kappa shape index (κ1) is 28.4. The molecule has 3 aliphatic rings. The molecule has 5 heterocycles. The summed E-state index contributed by atoms with van der Waals surface area (Å²) in [4.78, 5) is 50.0. The first-order chi connectivity index (χ1) is 19.9. The van der Waals surface area contributed by atoms with Crippen LogP contribution in [0.3, 0.4) is 0 Å². The largest absolute Gasteiger partial charge is 0.381 e. The molecule has 2 aromatic rings. The minimum absolute atomic E-state index is 0.0277. The van der Waals surface area contributed by atoms with Gasteiger partial charge in [0.05, 0.1) is 43.0 Å². The fraction of sp³-hybridized carbons (Fsp3) is 0.500. The number of methoxy groups -OCH3 is 1. The molecule has 0 saturated carbocycles. The van der Waals surface area contributed by atoms with E-state index in [4.69, 9.17) is 14.2 Å². The Kier molecular flexibility index (Phi) is 8.72. The van der Waals surface area contributed by atoms with E-state index in [0.717, 1.165) is 5.56 Å². The monoisotopic (exact) mass is 563 g/mol. The molecule has 2 N–H and O–H groups in total. The summed E-state index contributed by atoms with van der Waals surface area (Å²) < 4.78 is 16.3. The number of carbonyl (C=O) groups is 3. The number of aldehydes is 1. The number of nitrogens with one attached hydrogen (secondary N) is 2. The number of ether oxygens (including phenoxy) is 3. The zero-order chi connectivity index (χ0) is 28.9. The third-order valence-corrected chi connectivity index (χ3v) is 7.63. The van der Waals surface area contributed by atoms with Gasteiger partial charge >= 0.3 is 6.03 Å². The Morgan fingerprint density at radius 3 is 2.88 bits per heavy atom. The summed E-state index contributed by atoms with van der Waals surface area (Å²) in [5, 5.41) is 15.6. The normalized spacial score (nSPS) is 21.6. The van der Waals surface area contributed by atoms with E-state index in [1.807, 2.05) is 6.07 Å². The molecule has 2 fully saturated rings. The third-order valence-electron chi connectivity index (χ3n) is 7.63. The highest BCUT2D eigenvalue weighted by Crippen LogP contribution is 2.29. The van der Waals surface area contributed by atoms with Gasteiger partial charge in [-0.1, -0.05) is 0 Å². The molecule has 3 amide bonds. The molecular formula is C28H33N7O6. The third kappa shape index (κ3) is 6.14. The van der Waals surface area contributed by atoms with Crippen LogP contribution in [0.4, 0.5) is 22.1 Å². The number of aromatic nitrogens is 2. The predicted molar refractivity (Wildman–Crippen MR) is 148 cm³/mol. The summed E-state index contributed by atoms with van der Waals surface area (Å²) in [5.74, 6) is 0.444. The summed E-state index contributed by atoms with van der Waals surface area (Å²) in [5.41, 5.74) is 2.45. The van der Waals surface area contributed by atoms with Crippen LogP contribution >= 0.6 is 0 Å². The lowest BCUT2D eigenvalue weighted by Gasteiger charge is -2.30. The molecule has 41 heavy (non-hydrogen) atoms. The van der Waals surface area contributed by atoms with Crippen LogP contribution in [0.15, 0.2) is 18.3 Å². The molecule has 0 aliphatic carbocycles. The van der Waals surface area contributed by atoms with Crippen LogP contribution < -0.4 is 15.5 Å². The lowest BCUT2D eigenvalue weighted by Crippen LogP contribution is -2.40. The molecule has 0 radical (unpaired) electrons. The van der Waals surface area contributed by atoms with Gasteiger partial charge in [0.1, 0.15) is 29.5 Å². The topological polar surface area (TPSA) is 159 Å². The summed E-state index contributed by atoms with van der Waals surface area (Å²) in [7, 11) is 3.31. The lowest BCUT2D eigenvalue weighted by atomic mass is 10.0. The average Bonchev–Trinajstić information content (AvgIpc) is 3.68. The number of aryl methyl sites for hydroxylation is 1. The second-order valence-electron chi connectivity index (χ2n) is 10.4. The number of hydrogen-bond acceptors (Lipinski definition) is 10. The number of urea groups is 1. The first-order valence-corrected chi connectivity index (χ1v) is 13.6. The maximum atomic E-state index is 13.4. The van der Waals surface area contributed by atoms with Crippen molar-refractivity contribution in [2.45, 2.75) is 38.0 Å². The minimum Gasteiger partial charge on any atom is -0.381 e. The van der Waals surface area contributed by atoms with Crippen molar-refractivity contribution >= 4 is 35.5 Å². The number of hydrogen-bond donors (Lipinski definition) is 2. The maximum absolute atomic E-state index is 13.4. The van der Waals surface area contributed by atoms with Gasteiger partial charge in [0.2, 0.25) is 5.91 Å². The van der Waals surface area contributed by atoms with Gasteiger partial charge in [-0.3, -0.25) is 19.8 Å². The van der Waals surface area contributed by atoms with Gasteiger partial charge in [0.15, 0.2) is 6.29 Å². The quantitative estimate of drug-likeness (QED) is 0.455. The van der Waals surface area contributed by atoms with E-state index in [9.17, 15) is 19.6 Å². The molecule has 0 aromatic carbocycles. The van der Waals surface area contributed by atoms with Crippen LogP contribution in [0.1, 0.15) is 40.0 Å². The molecule has 0 bridgehead atoms. The molecule has 0 spiro atoms. The number of fused-ring (bicyclic) bond motifs is 1. The summed E-state index contributed by atoms with van der Waals surface area (Å²) in [6, 6.07) is 4.95. The van der Waals surface area contributed by atoms with Crippen molar-refractivity contribution in [3.8, 4) is 6.07 Å². The van der Waals surface area contributed by atoms with E-state index in [1.54, 1.807) is 25.1 Å². The Balaban J connectivity index is 1.33. The molecule has 1 unspecified atom stereocenters. The molecule has 2 saturated heterocycles. The highest BCUT2D eigenvalue weighted by molar-refractivity contribution is 6.02. The van der Waals surface area contributed by atoms with Crippen molar-refractivity contribution in [3.63, 3.8) is 0 Å². The SMILES string of the molecule is CO[C@@H]1COCC1Nc1cc(NC(=O)N2CCCc3cc(CN(C)C(=O)[C@H]4CCOC4)c(C=O)nc32)ncc1C#N. The number of anilines is 3. The standard InChI is InChI=1S/C28H33N7O6/c1-34(27(37)18-5-7-40-14-18)12-19-8-17-4-3-6-35(26(17)32-22(19)13-36)28(38)33-25-9-21(20(10-29)11-30-25)31-23-15-41-16-24(23)39-2/h8-9,11,13,18,23-24H,3-7,12,14-16H2,1-2H3,(H2,30,31,33,38)/t18-,23?,24+/m0/s1. The van der Waals surface area contributed by atoms with Crippen LogP contribution in [0.5, 0.6) is 0 Å². The second kappa shape index (κ2) is 12.6. The lowest BCUT2D eigenvalue weighted by molar-refractivity contribution is -0.134. The molecule has 3 atom stereocenters. The highest BCUT2D eigenvalue weighted by atomic mass is 16.5. The maximum Gasteiger partial charge on any atom is 0.328 e. The Hall–Kier alpha value is -4.12. The molecule has 13 nitrogen and oxygen atoms in total. The number of nitriles is 1. The number of rotatable bonds is 8. The van der Waals surface area contributed by atoms with Crippen LogP contribution in [-0.4, -0.2) is 92.4 Å². The number of carbonyl (C=O) groups excluding carboxylic acids is 3. The summed E-state index contributed by atoms with van der Waals surface area (Å²) in [6.07, 6.45) is 3.94. The number of pyridine rings is 2. The van der Waals surface area contributed by atoms with E-state index >= 15 is 0 Å². The Morgan fingerprint density at radius 2 is 2.15 bits per heavy atom. The van der Waals surface area contributed by atoms with Crippen LogP contribution in [-0.2, 0) is 32.0 Å². The Morgan fingerprint density at radius 1 is 1.29 bits per heavy atom. The Labute approximate surface area is 237 Å². The number of nitrogens with zero attached hydrogens (tertiary/aromatic N) is 5. The van der Waals surface area contributed by atoms with E-state index in [-0.39, 0.29) is 42.0 Å². The van der Waals surface area contributed by atoms with Gasteiger partial charge in [-0.2, -0.15) is 5.26 Å². The fourth-order valence-electron chi connectivity index (χ4n) is 5.37. The van der Waals surface area contributed by atoms with Crippen LogP contribution in [0.2, 0.25) is 0 Å². The van der Waals surface area contributed by atoms with Crippen molar-refractivity contribution in [2.24, 2.45) is 5.92 Å². The summed E-state index contributed by atoms with van der Waals surface area (Å²) in [6.45, 7) is 2.48. The van der Waals surface area contributed by atoms with Gasteiger partial charge in [0, 0.05) is 51.7 Å². The summed E-state index contributed by atoms with van der Waals surface area (Å²) >= 11 is 0. The Bertz CT molecular complexity index is 1360. The van der Waals surface area contributed by atoms with E-state index < -0.39 is 6.03 Å². The van der Waals surface area contributed by atoms with Gasteiger partial charge in [-0.05, 0) is 30.9 Å². The second-order valence-corrected chi connectivity index (χ2v) is 10.4. The first-order valence-electron chi connectivity index (χ1n) is 13.6. The van der Waals surface area contributed by atoms with Crippen molar-refractivity contribution in [2.75, 3.05) is 62.7 Å². The van der Waals surface area contributed by atoms with Gasteiger partial charge in [-0.15, -0.1) is 0 Å². The molecule has 3 aliphatic heterocycles. The minimum atomic E-state index is -0.460. The van der Waals surface area contributed by atoms with Crippen LogP contribution in [0, 0.1) is 17.2 Å². The smallest absolute Gasteiger partial charge is 0.328 e. The molecule has 5 rings (SSSR count). The molecule has 13 heteroatoms. The van der Waals surface area contributed by atoms with Crippen molar-refractivity contribution < 1.29 is 28.6 Å². The van der Waals surface area contributed by atoms with Crippen molar-refractivity contribution in [3.05, 3.63) is 40.7 Å². The van der Waals surface area contributed by atoms with Crippen LogP contribution in [0.25, 0.3) is 0 Å². The molecule has 216 valence electrons. The highest BCUT2D eigenvalue weighted by Gasteiger charge is 2.31. The van der Waals surface area contributed by atoms with Gasteiger partial charge in [-0.25, -0.2) is 14.8 Å². The van der Waals surface area contributed by atoms with E-state index in [0.29, 0.717) is 81.2 Å². The zero-order valence-electron chi connectivity index (χ0n) is 23.1. The van der Waals surface area contributed by atoms with Gasteiger partial charge in [0.25, 0.3) is 0 Å². The van der Waals surface area contributed by atoms with E-state index in [1.165, 1.54) is 11.1 Å². The number of amides is 3. The van der Waals surface area contributed by atoms with E-state index in [2.05, 4.69) is 26.7 Å². The molecular weight excluding hydrogens is 530 g/mol. The van der Waals surface area contributed by atoms with Crippen molar-refractivity contribution in [1.29, 1.82) is 5.26 Å².